The predicted molar refractivity (Wildman–Crippen MR) is 280 cm³/mol. The van der Waals surface area contributed by atoms with Gasteiger partial charge in [0.2, 0.25) is 0 Å². The van der Waals surface area contributed by atoms with Crippen LogP contribution >= 0.6 is 0 Å². The van der Waals surface area contributed by atoms with Gasteiger partial charge >= 0.3 is 0 Å². The van der Waals surface area contributed by atoms with E-state index in [2.05, 4.69) is 235 Å². The molecule has 8 aromatic rings. The standard InChI is InChI=1S/C62H68N3O.Pt/c1-39(2)31-40-23-28-54(50(32-40)42-19-16-15-17-20-42)65-55-22-18-21-49(56(55)64-58(65)51-37-48(61(9,10)11)38-52(57(51)66)62(12,13)14)44-33-45(35-47(34-44)60(6,7)8)53-36-43(29-30-63-53)41-24-26-46(27-25-41)59(3,4)5;/h15-30,32,34-39,66H,31H2,1-14H3;/q-1;. The topological polar surface area (TPSA) is 50.9 Å². The number of phenols is 1. The van der Waals surface area contributed by atoms with Gasteiger partial charge in [0.05, 0.1) is 22.3 Å². The third-order valence-corrected chi connectivity index (χ3v) is 12.9. The number of rotatable bonds is 8. The second kappa shape index (κ2) is 18.5. The van der Waals surface area contributed by atoms with Crippen molar-refractivity contribution in [3.05, 3.63) is 167 Å². The van der Waals surface area contributed by atoms with Gasteiger partial charge in [-0.2, -0.15) is 0 Å². The van der Waals surface area contributed by atoms with E-state index in [1.165, 1.54) is 16.7 Å². The van der Waals surface area contributed by atoms with Crippen LogP contribution in [0.3, 0.4) is 0 Å². The molecule has 0 amide bonds. The van der Waals surface area contributed by atoms with Crippen LogP contribution < -0.4 is 0 Å². The molecular weight excluding hydrogens is 998 g/mol. The van der Waals surface area contributed by atoms with Crippen molar-refractivity contribution in [2.24, 2.45) is 5.92 Å². The van der Waals surface area contributed by atoms with E-state index < -0.39 is 0 Å². The van der Waals surface area contributed by atoms with E-state index in [-0.39, 0.29) is 48.5 Å². The molecule has 4 nitrogen and oxygen atoms in total. The van der Waals surface area contributed by atoms with Crippen LogP contribution in [0.25, 0.3) is 72.7 Å². The van der Waals surface area contributed by atoms with Crippen molar-refractivity contribution >= 4 is 11.0 Å². The normalized spacial score (nSPS) is 12.5. The maximum Gasteiger partial charge on any atom is 0.148 e. The summed E-state index contributed by atoms with van der Waals surface area (Å²) in [6.07, 6.45) is 2.88. The minimum Gasteiger partial charge on any atom is -0.507 e. The molecule has 67 heavy (non-hydrogen) atoms. The Bertz CT molecular complexity index is 3060. The second-order valence-corrected chi connectivity index (χ2v) is 22.9. The number of nitrogens with zero attached hydrogens (tertiary/aromatic N) is 3. The van der Waals surface area contributed by atoms with Crippen molar-refractivity contribution < 1.29 is 26.2 Å². The Morgan fingerprint density at radius 3 is 1.82 bits per heavy atom. The smallest absolute Gasteiger partial charge is 0.148 e. The zero-order chi connectivity index (χ0) is 47.5. The Morgan fingerprint density at radius 2 is 1.19 bits per heavy atom. The molecule has 1 N–H and O–H groups in total. The summed E-state index contributed by atoms with van der Waals surface area (Å²) in [4.78, 5) is 10.6. The number of pyridine rings is 1. The van der Waals surface area contributed by atoms with Crippen molar-refractivity contribution in [2.75, 3.05) is 0 Å². The van der Waals surface area contributed by atoms with Gasteiger partial charge in [-0.1, -0.05) is 193 Å². The summed E-state index contributed by atoms with van der Waals surface area (Å²) in [5, 5.41) is 12.6. The summed E-state index contributed by atoms with van der Waals surface area (Å²) in [5.74, 6) is 1.45. The number of hydrogen-bond acceptors (Lipinski definition) is 3. The maximum absolute atomic E-state index is 12.6. The van der Waals surface area contributed by atoms with Crippen LogP contribution in [0, 0.1) is 12.0 Å². The minimum atomic E-state index is -0.324. The van der Waals surface area contributed by atoms with Gasteiger partial charge in [0.15, 0.2) is 0 Å². The second-order valence-electron chi connectivity index (χ2n) is 22.9. The molecule has 6 aromatic carbocycles. The van der Waals surface area contributed by atoms with Crippen LogP contribution in [0.1, 0.15) is 125 Å². The molecular formula is C62H68N3OPt-. The van der Waals surface area contributed by atoms with E-state index in [9.17, 15) is 5.11 Å². The van der Waals surface area contributed by atoms with Gasteiger partial charge in [0.1, 0.15) is 11.6 Å². The van der Waals surface area contributed by atoms with E-state index in [0.717, 1.165) is 78.9 Å². The zero-order valence-corrected chi connectivity index (χ0v) is 44.4. The molecule has 0 saturated carbocycles. The fourth-order valence-corrected chi connectivity index (χ4v) is 8.98. The summed E-state index contributed by atoms with van der Waals surface area (Å²) in [7, 11) is 0. The number of phenolic OH excluding ortho intramolecular Hbond substituents is 1. The summed E-state index contributed by atoms with van der Waals surface area (Å²) < 4.78 is 2.29. The molecule has 0 aliphatic heterocycles. The van der Waals surface area contributed by atoms with Gasteiger partial charge in [-0.15, -0.1) is 29.3 Å². The van der Waals surface area contributed by atoms with Crippen molar-refractivity contribution in [1.29, 1.82) is 0 Å². The number of benzene rings is 6. The number of fused-ring (bicyclic) bond motifs is 1. The average molecular weight is 1070 g/mol. The van der Waals surface area contributed by atoms with Gasteiger partial charge < -0.3 is 5.11 Å². The Labute approximate surface area is 415 Å². The molecule has 0 radical (unpaired) electrons. The summed E-state index contributed by atoms with van der Waals surface area (Å²) in [6, 6.07) is 49.9. The number of hydrogen-bond donors (Lipinski definition) is 1. The van der Waals surface area contributed by atoms with Crippen LogP contribution in [0.15, 0.2) is 134 Å². The molecule has 2 aromatic heterocycles. The first-order valence-electron chi connectivity index (χ1n) is 23.7. The van der Waals surface area contributed by atoms with Crippen molar-refractivity contribution in [2.45, 2.75) is 125 Å². The van der Waals surface area contributed by atoms with Crippen LogP contribution in [-0.2, 0) is 49.1 Å². The van der Waals surface area contributed by atoms with Gasteiger partial charge in [-0.3, -0.25) is 9.55 Å². The van der Waals surface area contributed by atoms with E-state index in [4.69, 9.17) is 9.97 Å². The molecule has 0 aliphatic rings. The molecule has 2 heterocycles. The molecule has 0 fully saturated rings. The van der Waals surface area contributed by atoms with Crippen LogP contribution in [0.2, 0.25) is 0 Å². The summed E-state index contributed by atoms with van der Waals surface area (Å²) >= 11 is 0. The first-order chi connectivity index (χ1) is 31.0. The van der Waals surface area contributed by atoms with Gasteiger partial charge in [0, 0.05) is 44.1 Å². The number of para-hydroxylation sites is 1. The third-order valence-electron chi connectivity index (χ3n) is 12.9. The summed E-state index contributed by atoms with van der Waals surface area (Å²) in [6.45, 7) is 31.3. The molecule has 0 unspecified atom stereocenters. The largest absolute Gasteiger partial charge is 0.507 e. The molecule has 0 aliphatic carbocycles. The number of imidazole rings is 1. The maximum atomic E-state index is 12.6. The quantitative estimate of drug-likeness (QED) is 0.154. The molecule has 8 rings (SSSR count). The molecule has 5 heteroatoms. The molecule has 0 bridgehead atoms. The Balaban J connectivity index is 0.00000666. The Morgan fingerprint density at radius 1 is 0.552 bits per heavy atom. The number of aromatic nitrogens is 3. The van der Waals surface area contributed by atoms with Crippen LogP contribution in [0.5, 0.6) is 5.75 Å². The van der Waals surface area contributed by atoms with Crippen molar-refractivity contribution in [1.82, 2.24) is 14.5 Å². The van der Waals surface area contributed by atoms with Crippen molar-refractivity contribution in [3.8, 4) is 67.5 Å². The Kier molecular flexibility index (Phi) is 13.6. The van der Waals surface area contributed by atoms with Crippen molar-refractivity contribution in [3.63, 3.8) is 0 Å². The first-order valence-corrected chi connectivity index (χ1v) is 23.7. The van der Waals surface area contributed by atoms with Gasteiger partial charge in [-0.25, -0.2) is 4.98 Å². The Hall–Kier alpha value is -5.57. The molecule has 0 atom stereocenters. The average Bonchev–Trinajstić information content (AvgIpc) is 3.64. The van der Waals surface area contributed by atoms with E-state index in [1.807, 2.05) is 6.20 Å². The molecule has 0 saturated heterocycles. The third kappa shape index (κ3) is 10.3. The fraction of sp³-hybridized carbons (Fsp3) is 0.323. The SMILES string of the molecule is CC(C)Cc1ccc(-n2c(-c3cc(C(C)(C)C)cc(C(C)(C)C)c3O)nc3c(-c4[c-]c(-c5cc(-c6ccc(C(C)(C)C)cc6)ccn5)cc(C(C)(C)C)c4)cccc32)c(-c2ccccc2)c1.[Pt]. The van der Waals surface area contributed by atoms with Gasteiger partial charge in [-0.05, 0) is 97.7 Å². The monoisotopic (exact) mass is 1070 g/mol. The molecule has 348 valence electrons. The van der Waals surface area contributed by atoms with Crippen LogP contribution in [0.4, 0.5) is 0 Å². The van der Waals surface area contributed by atoms with E-state index >= 15 is 0 Å². The van der Waals surface area contributed by atoms with E-state index in [0.29, 0.717) is 17.3 Å². The molecule has 0 spiro atoms. The van der Waals surface area contributed by atoms with E-state index in [1.54, 1.807) is 0 Å². The minimum absolute atomic E-state index is 0. The number of aromatic hydroxyl groups is 1. The predicted octanol–water partition coefficient (Wildman–Crippen LogP) is 16.6. The van der Waals surface area contributed by atoms with Gasteiger partial charge in [0.25, 0.3) is 0 Å². The zero-order valence-electron chi connectivity index (χ0n) is 42.1. The first kappa shape index (κ1) is 49.3. The summed E-state index contributed by atoms with van der Waals surface area (Å²) in [5.41, 5.74) is 16.9. The van der Waals surface area contributed by atoms with Crippen LogP contribution in [-0.4, -0.2) is 19.6 Å². The fourth-order valence-electron chi connectivity index (χ4n) is 8.98.